The van der Waals surface area contributed by atoms with Crippen molar-refractivity contribution in [2.45, 2.75) is 0 Å². The van der Waals surface area contributed by atoms with Gasteiger partial charge in [-0.15, -0.1) is 0 Å². The number of anilines is 2. The summed E-state index contributed by atoms with van der Waals surface area (Å²) < 4.78 is 11.1. The van der Waals surface area contributed by atoms with E-state index < -0.39 is 5.63 Å². The van der Waals surface area contributed by atoms with Gasteiger partial charge in [0.05, 0.1) is 30.2 Å². The van der Waals surface area contributed by atoms with Crippen LogP contribution in [0.2, 0.25) is 0 Å². The average molecular weight is 508 g/mol. The van der Waals surface area contributed by atoms with Crippen LogP contribution >= 0.6 is 0 Å². The molecule has 38 heavy (non-hydrogen) atoms. The molecule has 0 aliphatic carbocycles. The number of ether oxygens (including phenoxy) is 1. The Balaban J connectivity index is 1.36. The molecule has 0 radical (unpaired) electrons. The van der Waals surface area contributed by atoms with Gasteiger partial charge in [0.2, 0.25) is 0 Å². The molecule has 1 fully saturated rings. The van der Waals surface area contributed by atoms with Crippen LogP contribution in [0.25, 0.3) is 17.0 Å². The van der Waals surface area contributed by atoms with Gasteiger partial charge in [-0.1, -0.05) is 24.3 Å². The molecule has 1 aliphatic rings. The Morgan fingerprint density at radius 3 is 2.37 bits per heavy atom. The largest absolute Gasteiger partial charge is 0.422 e. The number of ketones is 1. The van der Waals surface area contributed by atoms with E-state index in [1.165, 1.54) is 6.08 Å². The summed E-state index contributed by atoms with van der Waals surface area (Å²) in [4.78, 5) is 34.6. The highest BCUT2D eigenvalue weighted by atomic mass is 16.5. The molecular formula is C31H29N3O4. The molecule has 1 saturated heterocycles. The number of para-hydroxylation sites is 1. The van der Waals surface area contributed by atoms with E-state index in [4.69, 9.17) is 9.15 Å². The maximum Gasteiger partial charge on any atom is 0.345 e. The van der Waals surface area contributed by atoms with E-state index >= 15 is 0 Å². The lowest BCUT2D eigenvalue weighted by Gasteiger charge is -2.30. The Bertz CT molecular complexity index is 1550. The molecule has 192 valence electrons. The van der Waals surface area contributed by atoms with Crippen molar-refractivity contribution in [2.24, 2.45) is 4.99 Å². The van der Waals surface area contributed by atoms with E-state index in [9.17, 15) is 9.59 Å². The molecule has 1 aromatic heterocycles. The number of carbonyl (C=O) groups is 1. The lowest BCUT2D eigenvalue weighted by Crippen LogP contribution is -2.37. The number of aliphatic imine (C=N–C) groups is 1. The smallest absolute Gasteiger partial charge is 0.345 e. The first-order valence-electron chi connectivity index (χ1n) is 12.5. The first kappa shape index (κ1) is 25.2. The van der Waals surface area contributed by atoms with Crippen molar-refractivity contribution >= 4 is 46.1 Å². The molecule has 7 heteroatoms. The molecule has 0 atom stereocenters. The van der Waals surface area contributed by atoms with Crippen molar-refractivity contribution in [3.8, 4) is 0 Å². The Labute approximate surface area is 221 Å². The first-order chi connectivity index (χ1) is 18.5. The predicted octanol–water partition coefficient (Wildman–Crippen LogP) is 5.34. The summed E-state index contributed by atoms with van der Waals surface area (Å²) in [5.41, 5.74) is 4.54. The fraction of sp³-hybridized carbons (Fsp3) is 0.194. The summed E-state index contributed by atoms with van der Waals surface area (Å²) >= 11 is 0. The minimum absolute atomic E-state index is 0.208. The number of hydrogen-bond acceptors (Lipinski definition) is 7. The first-order valence-corrected chi connectivity index (χ1v) is 12.5. The Hall–Kier alpha value is -4.49. The van der Waals surface area contributed by atoms with E-state index in [1.54, 1.807) is 42.6 Å². The van der Waals surface area contributed by atoms with Gasteiger partial charge >= 0.3 is 5.63 Å². The van der Waals surface area contributed by atoms with Gasteiger partial charge in [0.1, 0.15) is 5.58 Å². The predicted molar refractivity (Wildman–Crippen MR) is 153 cm³/mol. The number of allylic oxidation sites excluding steroid dienone is 1. The lowest BCUT2D eigenvalue weighted by molar-refractivity contribution is 0.104. The van der Waals surface area contributed by atoms with Gasteiger partial charge in [-0.25, -0.2) is 4.79 Å². The highest BCUT2D eigenvalue weighted by Crippen LogP contribution is 2.30. The topological polar surface area (TPSA) is 75.3 Å². The van der Waals surface area contributed by atoms with Crippen molar-refractivity contribution < 1.29 is 13.9 Å². The third kappa shape index (κ3) is 5.58. The van der Waals surface area contributed by atoms with Crippen LogP contribution in [0.3, 0.4) is 0 Å². The maximum atomic E-state index is 13.0. The van der Waals surface area contributed by atoms with E-state index in [1.807, 2.05) is 61.5 Å². The minimum atomic E-state index is -0.474. The zero-order valence-corrected chi connectivity index (χ0v) is 21.5. The second-order valence-corrected chi connectivity index (χ2v) is 9.24. The Morgan fingerprint density at radius 2 is 1.66 bits per heavy atom. The molecular weight excluding hydrogens is 478 g/mol. The minimum Gasteiger partial charge on any atom is -0.422 e. The van der Waals surface area contributed by atoms with Crippen LogP contribution in [-0.4, -0.2) is 52.4 Å². The highest BCUT2D eigenvalue weighted by molar-refractivity contribution is 6.08. The third-order valence-electron chi connectivity index (χ3n) is 6.47. The molecule has 5 rings (SSSR count). The van der Waals surface area contributed by atoms with Gasteiger partial charge in [-0.3, -0.25) is 9.79 Å². The van der Waals surface area contributed by atoms with Crippen LogP contribution in [0.4, 0.5) is 17.1 Å². The van der Waals surface area contributed by atoms with Gasteiger partial charge in [-0.2, -0.15) is 0 Å². The summed E-state index contributed by atoms with van der Waals surface area (Å²) in [6, 6.07) is 22.6. The van der Waals surface area contributed by atoms with E-state index in [0.717, 1.165) is 28.0 Å². The molecule has 4 aromatic rings. The molecule has 0 bridgehead atoms. The molecule has 0 unspecified atom stereocenters. The van der Waals surface area contributed by atoms with Crippen molar-refractivity contribution in [3.05, 3.63) is 106 Å². The summed E-state index contributed by atoms with van der Waals surface area (Å²) in [6.45, 7) is 2.47. The fourth-order valence-corrected chi connectivity index (χ4v) is 4.40. The molecule has 0 saturated carbocycles. The van der Waals surface area contributed by atoms with Crippen molar-refractivity contribution in [1.82, 2.24) is 0 Å². The number of nitrogens with zero attached hydrogens (tertiary/aromatic N) is 3. The number of hydrogen-bond donors (Lipinski definition) is 0. The van der Waals surface area contributed by atoms with Gasteiger partial charge in [0.25, 0.3) is 0 Å². The number of benzene rings is 3. The number of carbonyl (C=O) groups excluding carboxylic acids is 1. The molecule has 0 N–H and O–H groups in total. The average Bonchev–Trinajstić information content (AvgIpc) is 2.95. The summed E-state index contributed by atoms with van der Waals surface area (Å²) in [7, 11) is 4.00. The molecule has 2 heterocycles. The molecule has 1 aliphatic heterocycles. The quantitative estimate of drug-likeness (QED) is 0.145. The number of morpholine rings is 1. The zero-order chi connectivity index (χ0) is 26.5. The summed E-state index contributed by atoms with van der Waals surface area (Å²) in [6.07, 6.45) is 4.78. The Kier molecular flexibility index (Phi) is 7.47. The third-order valence-corrected chi connectivity index (χ3v) is 6.47. The van der Waals surface area contributed by atoms with Crippen LogP contribution in [0, 0.1) is 0 Å². The highest BCUT2D eigenvalue weighted by Gasteiger charge is 2.20. The fourth-order valence-electron chi connectivity index (χ4n) is 4.40. The normalized spacial score (nSPS) is 14.0. The van der Waals surface area contributed by atoms with E-state index in [2.05, 4.69) is 9.89 Å². The van der Waals surface area contributed by atoms with Gasteiger partial charge in [0.15, 0.2) is 5.78 Å². The molecule has 0 spiro atoms. The number of fused-ring (bicyclic) bond motifs is 1. The SMILES string of the molecule is CN(C)c1ccc(C=Nc2ccc(C(=O)/C=C/c3c(N4CCOCC4)c4ccccc4oc3=O)cc2)cc1. The summed E-state index contributed by atoms with van der Waals surface area (Å²) in [5.74, 6) is -0.208. The van der Waals surface area contributed by atoms with Crippen molar-refractivity contribution in [1.29, 1.82) is 0 Å². The van der Waals surface area contributed by atoms with Crippen molar-refractivity contribution in [3.63, 3.8) is 0 Å². The van der Waals surface area contributed by atoms with Crippen molar-refractivity contribution in [2.75, 3.05) is 50.2 Å². The summed E-state index contributed by atoms with van der Waals surface area (Å²) in [5, 5.41) is 0.833. The second kappa shape index (κ2) is 11.3. The van der Waals surface area contributed by atoms with Gasteiger partial charge < -0.3 is 19.0 Å². The van der Waals surface area contributed by atoms with Crippen LogP contribution in [0.15, 0.2) is 93.1 Å². The van der Waals surface area contributed by atoms with E-state index in [0.29, 0.717) is 43.0 Å². The number of rotatable bonds is 7. The van der Waals surface area contributed by atoms with Crippen LogP contribution in [0.5, 0.6) is 0 Å². The van der Waals surface area contributed by atoms with E-state index in [-0.39, 0.29) is 5.78 Å². The van der Waals surface area contributed by atoms with Crippen LogP contribution in [0.1, 0.15) is 21.5 Å². The van der Waals surface area contributed by atoms with Crippen LogP contribution in [-0.2, 0) is 4.74 Å². The molecule has 0 amide bonds. The van der Waals surface area contributed by atoms with Gasteiger partial charge in [-0.05, 0) is 66.2 Å². The van der Waals surface area contributed by atoms with Gasteiger partial charge in [0, 0.05) is 50.0 Å². The monoisotopic (exact) mass is 507 g/mol. The Morgan fingerprint density at radius 1 is 0.947 bits per heavy atom. The van der Waals surface area contributed by atoms with Crippen LogP contribution < -0.4 is 15.4 Å². The molecule has 3 aromatic carbocycles. The maximum absolute atomic E-state index is 13.0. The molecule has 7 nitrogen and oxygen atoms in total. The lowest BCUT2D eigenvalue weighted by atomic mass is 10.1. The zero-order valence-electron chi connectivity index (χ0n) is 21.5. The second-order valence-electron chi connectivity index (χ2n) is 9.24. The standard InChI is InChI=1S/C31H29N3O4/c1-33(2)25-13-7-22(8-14-25)21-32-24-11-9-23(10-12-24)28(35)16-15-27-30(34-17-19-37-20-18-34)26-5-3-4-6-29(26)38-31(27)36/h3-16,21H,17-20H2,1-2H3/b16-15+,32-21?.